The Hall–Kier alpha value is -2.26. The van der Waals surface area contributed by atoms with Crippen LogP contribution >= 0.6 is 34.5 Å². The second-order valence-electron chi connectivity index (χ2n) is 8.25. The van der Waals surface area contributed by atoms with E-state index in [-0.39, 0.29) is 39.2 Å². The van der Waals surface area contributed by atoms with E-state index in [1.807, 2.05) is 51.3 Å². The van der Waals surface area contributed by atoms with Gasteiger partial charge in [0.1, 0.15) is 10.6 Å². The van der Waals surface area contributed by atoms with E-state index in [9.17, 15) is 13.2 Å². The van der Waals surface area contributed by atoms with Gasteiger partial charge in [-0.05, 0) is 62.9 Å². The molecule has 1 aromatic heterocycles. The van der Waals surface area contributed by atoms with Crippen molar-refractivity contribution in [3.05, 3.63) is 74.4 Å². The van der Waals surface area contributed by atoms with E-state index in [0.717, 1.165) is 25.2 Å². The van der Waals surface area contributed by atoms with Gasteiger partial charge in [-0.2, -0.15) is 8.42 Å². The molecule has 36 heavy (non-hydrogen) atoms. The topological polar surface area (TPSA) is 66.9 Å². The van der Waals surface area contributed by atoms with Crippen molar-refractivity contribution in [3.8, 4) is 5.75 Å². The molecule has 194 valence electrons. The summed E-state index contributed by atoms with van der Waals surface area (Å²) in [6.07, 6.45) is 0.742. The molecule has 10 heteroatoms. The lowest BCUT2D eigenvalue weighted by Gasteiger charge is -2.29. The number of thiophene rings is 1. The SMILES string of the molecule is CCC(C)N(Cc1ccc(N(CC)CC)cc1OS(=O)(=O)c1ccc(Cl)c(Cl)c1)C(=O)c1cccs1. The molecule has 2 aromatic carbocycles. The fraction of sp³-hybridized carbons (Fsp3) is 0.346. The molecule has 0 fully saturated rings. The van der Waals surface area contributed by atoms with Crippen LogP contribution in [0.5, 0.6) is 5.75 Å². The van der Waals surface area contributed by atoms with Crippen molar-refractivity contribution >= 4 is 56.3 Å². The molecule has 0 bridgehead atoms. The molecule has 0 saturated heterocycles. The average molecular weight is 570 g/mol. The Labute approximate surface area is 227 Å². The van der Waals surface area contributed by atoms with Crippen LogP contribution in [0.1, 0.15) is 49.4 Å². The summed E-state index contributed by atoms with van der Waals surface area (Å²) in [5.41, 5.74) is 1.41. The number of hydrogen-bond donors (Lipinski definition) is 0. The minimum Gasteiger partial charge on any atom is -0.379 e. The monoisotopic (exact) mass is 568 g/mol. The van der Waals surface area contributed by atoms with Crippen LogP contribution in [0.4, 0.5) is 5.69 Å². The molecule has 3 rings (SSSR count). The molecular weight excluding hydrogens is 539 g/mol. The van der Waals surface area contributed by atoms with Gasteiger partial charge < -0.3 is 14.0 Å². The number of amides is 1. The molecule has 0 radical (unpaired) electrons. The lowest BCUT2D eigenvalue weighted by Crippen LogP contribution is -2.37. The van der Waals surface area contributed by atoms with Crippen LogP contribution in [0.3, 0.4) is 0 Å². The Balaban J connectivity index is 2.05. The van der Waals surface area contributed by atoms with E-state index >= 15 is 0 Å². The van der Waals surface area contributed by atoms with Crippen molar-refractivity contribution in [2.75, 3.05) is 18.0 Å². The second kappa shape index (κ2) is 12.3. The molecule has 1 amide bonds. The van der Waals surface area contributed by atoms with E-state index in [4.69, 9.17) is 27.4 Å². The van der Waals surface area contributed by atoms with Gasteiger partial charge in [0.25, 0.3) is 5.91 Å². The van der Waals surface area contributed by atoms with Crippen LogP contribution in [-0.4, -0.2) is 38.4 Å². The van der Waals surface area contributed by atoms with Gasteiger partial charge in [-0.25, -0.2) is 0 Å². The predicted octanol–water partition coefficient (Wildman–Crippen LogP) is 7.11. The fourth-order valence-electron chi connectivity index (χ4n) is 3.71. The number of hydrogen-bond acceptors (Lipinski definition) is 6. The van der Waals surface area contributed by atoms with Crippen LogP contribution in [-0.2, 0) is 16.7 Å². The first-order valence-corrected chi connectivity index (χ1v) is 14.8. The standard InChI is InChI=1S/C26H30Cl2N2O4S2/c1-5-18(4)30(26(31)25-9-8-14-35-25)17-19-10-11-20(29(6-2)7-3)15-24(19)34-36(32,33)21-12-13-22(27)23(28)16-21/h8-16,18H,5-7,17H2,1-4H3. The Kier molecular flexibility index (Phi) is 9.69. The molecule has 0 saturated carbocycles. The largest absolute Gasteiger partial charge is 0.379 e. The van der Waals surface area contributed by atoms with Gasteiger partial charge in [-0.1, -0.05) is 42.3 Å². The first kappa shape index (κ1) is 28.3. The number of carbonyl (C=O) groups is 1. The molecular formula is C26H30Cl2N2O4S2. The van der Waals surface area contributed by atoms with E-state index in [1.165, 1.54) is 29.5 Å². The summed E-state index contributed by atoms with van der Waals surface area (Å²) in [6, 6.07) is 13.0. The average Bonchev–Trinajstić information content (AvgIpc) is 3.40. The molecule has 1 heterocycles. The molecule has 0 aliphatic rings. The predicted molar refractivity (Wildman–Crippen MR) is 148 cm³/mol. The second-order valence-corrected chi connectivity index (χ2v) is 11.6. The zero-order valence-corrected chi connectivity index (χ0v) is 23.8. The van der Waals surface area contributed by atoms with Crippen molar-refractivity contribution in [2.45, 2.75) is 51.6 Å². The number of rotatable bonds is 11. The summed E-state index contributed by atoms with van der Waals surface area (Å²) in [5.74, 6) is 0.0585. The fourth-order valence-corrected chi connectivity index (χ4v) is 5.74. The van der Waals surface area contributed by atoms with E-state index < -0.39 is 10.1 Å². The van der Waals surface area contributed by atoms with E-state index in [1.54, 1.807) is 17.0 Å². The van der Waals surface area contributed by atoms with Crippen molar-refractivity contribution in [1.29, 1.82) is 0 Å². The van der Waals surface area contributed by atoms with Crippen LogP contribution in [0, 0.1) is 0 Å². The maximum atomic E-state index is 13.3. The minimum atomic E-state index is -4.22. The molecule has 0 aliphatic heterocycles. The van der Waals surface area contributed by atoms with Crippen molar-refractivity contribution in [1.82, 2.24) is 4.90 Å². The lowest BCUT2D eigenvalue weighted by molar-refractivity contribution is 0.0676. The summed E-state index contributed by atoms with van der Waals surface area (Å²) in [4.78, 5) is 17.7. The van der Waals surface area contributed by atoms with Crippen molar-refractivity contribution in [3.63, 3.8) is 0 Å². The maximum absolute atomic E-state index is 13.3. The minimum absolute atomic E-state index is 0.0680. The smallest absolute Gasteiger partial charge is 0.339 e. The quantitative estimate of drug-likeness (QED) is 0.230. The van der Waals surface area contributed by atoms with E-state index in [2.05, 4.69) is 4.90 Å². The van der Waals surface area contributed by atoms with Gasteiger partial charge in [-0.15, -0.1) is 11.3 Å². The third-order valence-corrected chi connectivity index (χ3v) is 8.84. The van der Waals surface area contributed by atoms with Gasteiger partial charge in [0.2, 0.25) is 0 Å². The third kappa shape index (κ3) is 6.54. The lowest BCUT2D eigenvalue weighted by atomic mass is 10.1. The number of halogens is 2. The Morgan fingerprint density at radius 1 is 1.03 bits per heavy atom. The number of anilines is 1. The molecule has 1 atom stereocenters. The highest BCUT2D eigenvalue weighted by molar-refractivity contribution is 7.87. The van der Waals surface area contributed by atoms with Gasteiger partial charge in [-0.3, -0.25) is 4.79 Å². The number of carbonyl (C=O) groups excluding carboxylic acids is 1. The summed E-state index contributed by atoms with van der Waals surface area (Å²) in [6.45, 7) is 9.70. The summed E-state index contributed by atoms with van der Waals surface area (Å²) in [5, 5.41) is 2.22. The van der Waals surface area contributed by atoms with Crippen molar-refractivity contribution in [2.24, 2.45) is 0 Å². The zero-order chi connectivity index (χ0) is 26.5. The Morgan fingerprint density at radius 3 is 2.33 bits per heavy atom. The van der Waals surface area contributed by atoms with Crippen LogP contribution < -0.4 is 9.08 Å². The first-order valence-electron chi connectivity index (χ1n) is 11.7. The Morgan fingerprint density at radius 2 is 1.75 bits per heavy atom. The summed E-state index contributed by atoms with van der Waals surface area (Å²) in [7, 11) is -4.22. The molecule has 0 aliphatic carbocycles. The zero-order valence-electron chi connectivity index (χ0n) is 20.7. The van der Waals surface area contributed by atoms with Gasteiger partial charge in [0.15, 0.2) is 0 Å². The number of nitrogens with zero attached hydrogens (tertiary/aromatic N) is 2. The first-order chi connectivity index (χ1) is 17.1. The van der Waals surface area contributed by atoms with Crippen LogP contribution in [0.15, 0.2) is 58.8 Å². The highest BCUT2D eigenvalue weighted by Crippen LogP contribution is 2.32. The molecule has 0 spiro atoms. The molecule has 0 N–H and O–H groups in total. The van der Waals surface area contributed by atoms with Crippen LogP contribution in [0.25, 0.3) is 0 Å². The Bertz CT molecular complexity index is 1290. The van der Waals surface area contributed by atoms with Crippen LogP contribution in [0.2, 0.25) is 10.0 Å². The molecule has 3 aromatic rings. The van der Waals surface area contributed by atoms with Gasteiger partial charge in [0, 0.05) is 43.0 Å². The van der Waals surface area contributed by atoms with E-state index in [0.29, 0.717) is 10.4 Å². The molecule has 1 unspecified atom stereocenters. The third-order valence-electron chi connectivity index (χ3n) is 6.01. The summed E-state index contributed by atoms with van der Waals surface area (Å²) < 4.78 is 32.1. The maximum Gasteiger partial charge on any atom is 0.339 e. The van der Waals surface area contributed by atoms with Gasteiger partial charge in [0.05, 0.1) is 14.9 Å². The normalized spacial score (nSPS) is 12.3. The number of benzene rings is 2. The molecule has 6 nitrogen and oxygen atoms in total. The van der Waals surface area contributed by atoms with Crippen molar-refractivity contribution < 1.29 is 17.4 Å². The highest BCUT2D eigenvalue weighted by atomic mass is 35.5. The highest BCUT2D eigenvalue weighted by Gasteiger charge is 2.26. The summed E-state index contributed by atoms with van der Waals surface area (Å²) >= 11 is 13.4. The van der Waals surface area contributed by atoms with Gasteiger partial charge >= 0.3 is 10.1 Å².